The molecule has 7 heteroatoms. The molecule has 6 nitrogen and oxygen atoms in total. The summed E-state index contributed by atoms with van der Waals surface area (Å²) < 4.78 is 7.25. The Bertz CT molecular complexity index is 695. The van der Waals surface area contributed by atoms with E-state index in [-0.39, 0.29) is 5.91 Å². The first-order chi connectivity index (χ1) is 11.7. The lowest BCUT2D eigenvalue weighted by molar-refractivity contribution is -0.118. The van der Waals surface area contributed by atoms with Gasteiger partial charge in [-0.15, -0.1) is 10.2 Å². The molecule has 1 aromatic heterocycles. The third-order valence-corrected chi connectivity index (χ3v) is 4.95. The highest BCUT2D eigenvalue weighted by Gasteiger charge is 2.30. The van der Waals surface area contributed by atoms with Crippen LogP contribution >= 0.6 is 11.8 Å². The highest BCUT2D eigenvalue weighted by molar-refractivity contribution is 7.99. The number of thioether (sulfide) groups is 1. The summed E-state index contributed by atoms with van der Waals surface area (Å²) in [6.07, 6.45) is 2.40. The Kier molecular flexibility index (Phi) is 5.40. The van der Waals surface area contributed by atoms with Crippen molar-refractivity contribution in [2.75, 3.05) is 12.9 Å². The van der Waals surface area contributed by atoms with Gasteiger partial charge in [-0.1, -0.05) is 23.9 Å². The van der Waals surface area contributed by atoms with Gasteiger partial charge in [-0.05, 0) is 37.5 Å². The number of hydrogen-bond acceptors (Lipinski definition) is 5. The fourth-order valence-corrected chi connectivity index (χ4v) is 3.31. The number of methoxy groups -OCH3 is 1. The Morgan fingerprint density at radius 1 is 1.33 bits per heavy atom. The first kappa shape index (κ1) is 16.8. The molecular formula is C17H22N4O2S. The minimum atomic E-state index is -0.00515. The van der Waals surface area contributed by atoms with Crippen LogP contribution < -0.4 is 10.1 Å². The number of aromatic nitrogens is 3. The van der Waals surface area contributed by atoms with Crippen molar-refractivity contribution in [3.63, 3.8) is 0 Å². The summed E-state index contributed by atoms with van der Waals surface area (Å²) in [5.41, 5.74) is 1.04. The van der Waals surface area contributed by atoms with Crippen LogP contribution in [-0.2, 0) is 17.9 Å². The summed E-state index contributed by atoms with van der Waals surface area (Å²) in [4.78, 5) is 12.1. The van der Waals surface area contributed by atoms with Gasteiger partial charge in [0.1, 0.15) is 11.6 Å². The lowest BCUT2D eigenvalue weighted by Crippen LogP contribution is -2.24. The Balaban J connectivity index is 1.48. The van der Waals surface area contributed by atoms with Crippen molar-refractivity contribution in [2.45, 2.75) is 43.9 Å². The van der Waals surface area contributed by atoms with E-state index in [1.54, 1.807) is 7.11 Å². The van der Waals surface area contributed by atoms with Gasteiger partial charge in [0.25, 0.3) is 0 Å². The Hall–Kier alpha value is -2.02. The number of benzene rings is 1. The predicted molar refractivity (Wildman–Crippen MR) is 93.2 cm³/mol. The van der Waals surface area contributed by atoms with Crippen LogP contribution in [0.3, 0.4) is 0 Å². The number of rotatable bonds is 8. The van der Waals surface area contributed by atoms with Crippen LogP contribution in [-0.4, -0.2) is 33.5 Å². The van der Waals surface area contributed by atoms with Crippen LogP contribution in [0.25, 0.3) is 0 Å². The molecule has 0 unspecified atom stereocenters. The minimum absolute atomic E-state index is 0.00515. The SMILES string of the molecule is CCn1c(SCC(=O)NCc2ccc(OC)cc2)nnc1C1CC1. The topological polar surface area (TPSA) is 69.0 Å². The molecule has 0 bridgehead atoms. The van der Waals surface area contributed by atoms with Crippen LogP contribution in [0.2, 0.25) is 0 Å². The fourth-order valence-electron chi connectivity index (χ4n) is 2.47. The number of nitrogens with zero attached hydrogens (tertiary/aromatic N) is 3. The van der Waals surface area contributed by atoms with Crippen molar-refractivity contribution in [3.05, 3.63) is 35.7 Å². The maximum Gasteiger partial charge on any atom is 0.230 e. The van der Waals surface area contributed by atoms with E-state index in [2.05, 4.69) is 27.0 Å². The van der Waals surface area contributed by atoms with Gasteiger partial charge in [-0.25, -0.2) is 0 Å². The van der Waals surface area contributed by atoms with E-state index >= 15 is 0 Å². The third-order valence-electron chi connectivity index (χ3n) is 3.99. The van der Waals surface area contributed by atoms with Crippen molar-refractivity contribution in [2.24, 2.45) is 0 Å². The molecule has 0 spiro atoms. The van der Waals surface area contributed by atoms with Crippen LogP contribution in [0, 0.1) is 0 Å². The van der Waals surface area contributed by atoms with Gasteiger partial charge in [-0.3, -0.25) is 4.79 Å². The largest absolute Gasteiger partial charge is 0.497 e. The van der Waals surface area contributed by atoms with E-state index in [1.165, 1.54) is 24.6 Å². The van der Waals surface area contributed by atoms with E-state index in [9.17, 15) is 4.79 Å². The van der Waals surface area contributed by atoms with Gasteiger partial charge < -0.3 is 14.6 Å². The Labute approximate surface area is 146 Å². The minimum Gasteiger partial charge on any atom is -0.497 e. The smallest absolute Gasteiger partial charge is 0.230 e. The summed E-state index contributed by atoms with van der Waals surface area (Å²) in [6.45, 7) is 3.44. The van der Waals surface area contributed by atoms with Crippen molar-refractivity contribution in [1.29, 1.82) is 0 Å². The van der Waals surface area contributed by atoms with Crippen molar-refractivity contribution in [1.82, 2.24) is 20.1 Å². The molecule has 1 amide bonds. The lowest BCUT2D eigenvalue weighted by Gasteiger charge is -2.08. The number of carbonyl (C=O) groups is 1. The summed E-state index contributed by atoms with van der Waals surface area (Å²) in [6, 6.07) is 7.67. The van der Waals surface area contributed by atoms with Gasteiger partial charge >= 0.3 is 0 Å². The standard InChI is InChI=1S/C17H22N4O2S/c1-3-21-16(13-6-7-13)19-20-17(21)24-11-15(22)18-10-12-4-8-14(23-2)9-5-12/h4-5,8-9,13H,3,6-7,10-11H2,1-2H3,(H,18,22). The van der Waals surface area contributed by atoms with E-state index in [0.29, 0.717) is 18.2 Å². The summed E-state index contributed by atoms with van der Waals surface area (Å²) in [5.74, 6) is 2.79. The highest BCUT2D eigenvalue weighted by Crippen LogP contribution is 2.39. The molecule has 1 aliphatic rings. The molecule has 0 atom stereocenters. The van der Waals surface area contributed by atoms with E-state index in [1.807, 2.05) is 24.3 Å². The molecule has 1 saturated carbocycles. The highest BCUT2D eigenvalue weighted by atomic mass is 32.2. The van der Waals surface area contributed by atoms with Crippen molar-refractivity contribution in [3.8, 4) is 5.75 Å². The molecule has 0 radical (unpaired) electrons. The first-order valence-corrected chi connectivity index (χ1v) is 9.15. The van der Waals surface area contributed by atoms with Gasteiger partial charge in [0.05, 0.1) is 12.9 Å². The van der Waals surface area contributed by atoms with Crippen molar-refractivity contribution >= 4 is 17.7 Å². The second-order valence-electron chi connectivity index (χ2n) is 5.77. The van der Waals surface area contributed by atoms with Crippen LogP contribution in [0.4, 0.5) is 0 Å². The van der Waals surface area contributed by atoms with E-state index < -0.39 is 0 Å². The molecule has 1 N–H and O–H groups in total. The van der Waals surface area contributed by atoms with Gasteiger partial charge in [-0.2, -0.15) is 0 Å². The molecule has 3 rings (SSSR count). The number of amides is 1. The molecule has 1 aliphatic carbocycles. The average Bonchev–Trinajstić information content (AvgIpc) is 3.38. The fraction of sp³-hybridized carbons (Fsp3) is 0.471. The lowest BCUT2D eigenvalue weighted by atomic mass is 10.2. The number of hydrogen-bond donors (Lipinski definition) is 1. The maximum atomic E-state index is 12.1. The van der Waals surface area contributed by atoms with Crippen LogP contribution in [0.15, 0.2) is 29.4 Å². The van der Waals surface area contributed by atoms with Gasteiger partial charge in [0.15, 0.2) is 5.16 Å². The summed E-state index contributed by atoms with van der Waals surface area (Å²) in [7, 11) is 1.64. The molecule has 0 saturated heterocycles. The molecular weight excluding hydrogens is 324 g/mol. The normalized spacial score (nSPS) is 13.8. The van der Waals surface area contributed by atoms with Gasteiger partial charge in [0.2, 0.25) is 5.91 Å². The van der Waals surface area contributed by atoms with Crippen molar-refractivity contribution < 1.29 is 9.53 Å². The second-order valence-corrected chi connectivity index (χ2v) is 6.72. The molecule has 2 aromatic rings. The average molecular weight is 346 g/mol. The van der Waals surface area contributed by atoms with E-state index in [0.717, 1.165) is 28.8 Å². The molecule has 1 aromatic carbocycles. The number of nitrogens with one attached hydrogen (secondary N) is 1. The van der Waals surface area contributed by atoms with Gasteiger partial charge in [0, 0.05) is 19.0 Å². The summed E-state index contributed by atoms with van der Waals surface area (Å²) in [5, 5.41) is 12.3. The predicted octanol–water partition coefficient (Wildman–Crippen LogP) is 2.59. The number of ether oxygens (including phenoxy) is 1. The zero-order valence-corrected chi connectivity index (χ0v) is 14.8. The van der Waals surface area contributed by atoms with Crippen LogP contribution in [0.1, 0.15) is 37.1 Å². The van der Waals surface area contributed by atoms with Crippen LogP contribution in [0.5, 0.6) is 5.75 Å². The first-order valence-electron chi connectivity index (χ1n) is 8.16. The summed E-state index contributed by atoms with van der Waals surface area (Å²) >= 11 is 1.44. The molecule has 24 heavy (non-hydrogen) atoms. The zero-order valence-electron chi connectivity index (χ0n) is 14.0. The molecule has 1 fully saturated rings. The third kappa shape index (κ3) is 4.08. The zero-order chi connectivity index (χ0) is 16.9. The maximum absolute atomic E-state index is 12.1. The molecule has 0 aliphatic heterocycles. The monoisotopic (exact) mass is 346 g/mol. The quantitative estimate of drug-likeness (QED) is 0.744. The molecule has 128 valence electrons. The van der Waals surface area contributed by atoms with E-state index in [4.69, 9.17) is 4.74 Å². The Morgan fingerprint density at radius 3 is 2.71 bits per heavy atom. The molecule has 1 heterocycles. The second kappa shape index (κ2) is 7.70. The Morgan fingerprint density at radius 2 is 2.08 bits per heavy atom. The number of carbonyl (C=O) groups excluding carboxylic acids is 1.